The molecular weight excluding hydrogens is 318 g/mol. The summed E-state index contributed by atoms with van der Waals surface area (Å²) in [5, 5.41) is 0. The van der Waals surface area contributed by atoms with E-state index >= 15 is 0 Å². The minimum Gasteiger partial charge on any atom is -0.496 e. The van der Waals surface area contributed by atoms with Gasteiger partial charge in [-0.05, 0) is 30.3 Å². The average Bonchev–Trinajstić information content (AvgIpc) is 2.59. The largest absolute Gasteiger partial charge is 0.496 e. The van der Waals surface area contributed by atoms with Gasteiger partial charge in [0.25, 0.3) is 0 Å². The molecule has 0 saturated carbocycles. The lowest BCUT2D eigenvalue weighted by Crippen LogP contribution is -2.13. The van der Waals surface area contributed by atoms with E-state index in [0.29, 0.717) is 0 Å². The van der Waals surface area contributed by atoms with Gasteiger partial charge in [-0.25, -0.2) is 13.6 Å². The van der Waals surface area contributed by atoms with E-state index in [1.165, 1.54) is 37.5 Å². The van der Waals surface area contributed by atoms with Crippen molar-refractivity contribution in [3.8, 4) is 5.75 Å². The zero-order valence-corrected chi connectivity index (χ0v) is 12.8. The SMILES string of the molecule is COc1ccc(F)cc1C(=O)COC(=O)/C=C/c1ccccc1F. The summed E-state index contributed by atoms with van der Waals surface area (Å²) in [5.41, 5.74) is 0.191. The first-order valence-corrected chi connectivity index (χ1v) is 6.97. The van der Waals surface area contributed by atoms with Crippen LogP contribution in [-0.4, -0.2) is 25.5 Å². The van der Waals surface area contributed by atoms with Crippen LogP contribution in [0.15, 0.2) is 48.5 Å². The standard InChI is InChI=1S/C18H14F2O4/c1-23-17-8-7-13(19)10-14(17)16(21)11-24-18(22)9-6-12-4-2-3-5-15(12)20/h2-10H,11H2,1H3/b9-6+. The molecule has 2 aromatic rings. The van der Waals surface area contributed by atoms with Gasteiger partial charge in [0.05, 0.1) is 12.7 Å². The smallest absolute Gasteiger partial charge is 0.331 e. The minimum absolute atomic E-state index is 0.0246. The highest BCUT2D eigenvalue weighted by Gasteiger charge is 2.15. The molecule has 0 aliphatic heterocycles. The summed E-state index contributed by atoms with van der Waals surface area (Å²) in [6.07, 6.45) is 2.25. The van der Waals surface area contributed by atoms with Crippen LogP contribution in [-0.2, 0) is 9.53 Å². The highest BCUT2D eigenvalue weighted by atomic mass is 19.1. The summed E-state index contributed by atoms with van der Waals surface area (Å²) in [5.74, 6) is -2.34. The van der Waals surface area contributed by atoms with E-state index in [0.717, 1.165) is 18.2 Å². The van der Waals surface area contributed by atoms with Gasteiger partial charge in [0.1, 0.15) is 17.4 Å². The zero-order chi connectivity index (χ0) is 17.5. The molecular formula is C18H14F2O4. The quantitative estimate of drug-likeness (QED) is 0.462. The number of halogens is 2. The van der Waals surface area contributed by atoms with Crippen molar-refractivity contribution in [1.29, 1.82) is 0 Å². The molecule has 0 atom stereocenters. The third kappa shape index (κ3) is 4.49. The van der Waals surface area contributed by atoms with Crippen molar-refractivity contribution in [2.45, 2.75) is 0 Å². The number of hydrogen-bond donors (Lipinski definition) is 0. The van der Waals surface area contributed by atoms with Crippen LogP contribution in [0.2, 0.25) is 0 Å². The van der Waals surface area contributed by atoms with E-state index in [9.17, 15) is 18.4 Å². The molecule has 124 valence electrons. The first-order chi connectivity index (χ1) is 11.5. The lowest BCUT2D eigenvalue weighted by molar-refractivity contribution is -0.136. The number of Topliss-reactive ketones (excluding diaryl/α,β-unsaturated/α-hetero) is 1. The van der Waals surface area contributed by atoms with Crippen LogP contribution in [0.4, 0.5) is 8.78 Å². The Morgan fingerprint density at radius 3 is 2.58 bits per heavy atom. The summed E-state index contributed by atoms with van der Waals surface area (Å²) < 4.78 is 36.4. The maximum atomic E-state index is 13.4. The first kappa shape index (κ1) is 17.3. The van der Waals surface area contributed by atoms with Crippen LogP contribution in [0.1, 0.15) is 15.9 Å². The number of carbonyl (C=O) groups excluding carboxylic acids is 2. The second-order valence-electron chi connectivity index (χ2n) is 4.73. The van der Waals surface area contributed by atoms with E-state index in [4.69, 9.17) is 9.47 Å². The molecule has 6 heteroatoms. The predicted octanol–water partition coefficient (Wildman–Crippen LogP) is 3.41. The zero-order valence-electron chi connectivity index (χ0n) is 12.8. The summed E-state index contributed by atoms with van der Waals surface area (Å²) in [6.45, 7) is -0.583. The highest BCUT2D eigenvalue weighted by Crippen LogP contribution is 2.20. The van der Waals surface area contributed by atoms with Crippen LogP contribution in [0.3, 0.4) is 0 Å². The predicted molar refractivity (Wildman–Crippen MR) is 83.7 cm³/mol. The van der Waals surface area contributed by atoms with Gasteiger partial charge in [-0.15, -0.1) is 0 Å². The third-order valence-corrected chi connectivity index (χ3v) is 3.11. The topological polar surface area (TPSA) is 52.6 Å². The molecule has 4 nitrogen and oxygen atoms in total. The molecule has 0 heterocycles. The molecule has 0 bridgehead atoms. The summed E-state index contributed by atoms with van der Waals surface area (Å²) in [6, 6.07) is 9.35. The molecule has 0 aromatic heterocycles. The Morgan fingerprint density at radius 2 is 1.88 bits per heavy atom. The van der Waals surface area contributed by atoms with Crippen LogP contribution < -0.4 is 4.74 Å². The van der Waals surface area contributed by atoms with E-state index in [1.54, 1.807) is 6.07 Å². The number of ether oxygens (including phenoxy) is 2. The second kappa shape index (κ2) is 8.01. The minimum atomic E-state index is -0.818. The Labute approximate surface area is 137 Å². The van der Waals surface area contributed by atoms with E-state index < -0.39 is 30.0 Å². The molecule has 0 saturated heterocycles. The Morgan fingerprint density at radius 1 is 1.12 bits per heavy atom. The first-order valence-electron chi connectivity index (χ1n) is 6.97. The van der Waals surface area contributed by atoms with Crippen LogP contribution in [0.25, 0.3) is 6.08 Å². The van der Waals surface area contributed by atoms with E-state index in [2.05, 4.69) is 0 Å². The number of ketones is 1. The van der Waals surface area contributed by atoms with Crippen LogP contribution in [0, 0.1) is 11.6 Å². The molecule has 0 amide bonds. The Kier molecular flexibility index (Phi) is 5.78. The van der Waals surface area contributed by atoms with Crippen molar-refractivity contribution in [3.63, 3.8) is 0 Å². The lowest BCUT2D eigenvalue weighted by Gasteiger charge is -2.07. The van der Waals surface area contributed by atoms with Gasteiger partial charge in [-0.2, -0.15) is 0 Å². The summed E-state index contributed by atoms with van der Waals surface area (Å²) >= 11 is 0. The van der Waals surface area contributed by atoms with Crippen molar-refractivity contribution < 1.29 is 27.8 Å². The van der Waals surface area contributed by atoms with E-state index in [-0.39, 0.29) is 16.9 Å². The van der Waals surface area contributed by atoms with Crippen molar-refractivity contribution in [2.24, 2.45) is 0 Å². The van der Waals surface area contributed by atoms with Gasteiger partial charge in [-0.1, -0.05) is 18.2 Å². The maximum Gasteiger partial charge on any atom is 0.331 e. The number of carbonyl (C=O) groups is 2. The molecule has 24 heavy (non-hydrogen) atoms. The van der Waals surface area contributed by atoms with Gasteiger partial charge in [0, 0.05) is 11.6 Å². The summed E-state index contributed by atoms with van der Waals surface area (Å²) in [7, 11) is 1.34. The van der Waals surface area contributed by atoms with Crippen molar-refractivity contribution in [1.82, 2.24) is 0 Å². The fraction of sp³-hybridized carbons (Fsp3) is 0.111. The van der Waals surface area contributed by atoms with Crippen molar-refractivity contribution in [3.05, 3.63) is 71.3 Å². The van der Waals surface area contributed by atoms with Crippen LogP contribution >= 0.6 is 0 Å². The van der Waals surface area contributed by atoms with Crippen molar-refractivity contribution in [2.75, 3.05) is 13.7 Å². The molecule has 0 unspecified atom stereocenters. The lowest BCUT2D eigenvalue weighted by atomic mass is 10.1. The Hall–Kier alpha value is -3.02. The normalized spacial score (nSPS) is 10.6. The number of hydrogen-bond acceptors (Lipinski definition) is 4. The molecule has 0 spiro atoms. The van der Waals surface area contributed by atoms with Gasteiger partial charge < -0.3 is 9.47 Å². The fourth-order valence-corrected chi connectivity index (χ4v) is 1.93. The highest BCUT2D eigenvalue weighted by molar-refractivity contribution is 6.01. The molecule has 2 rings (SSSR count). The summed E-state index contributed by atoms with van der Waals surface area (Å²) in [4.78, 5) is 23.6. The molecule has 2 aromatic carbocycles. The van der Waals surface area contributed by atoms with Gasteiger partial charge in [0.2, 0.25) is 5.78 Å². The fourth-order valence-electron chi connectivity index (χ4n) is 1.93. The Balaban J connectivity index is 1.98. The molecule has 0 fully saturated rings. The average molecular weight is 332 g/mol. The number of benzene rings is 2. The Bertz CT molecular complexity index is 784. The van der Waals surface area contributed by atoms with Crippen molar-refractivity contribution >= 4 is 17.8 Å². The van der Waals surface area contributed by atoms with Gasteiger partial charge in [0.15, 0.2) is 6.61 Å². The molecule has 0 N–H and O–H groups in total. The molecule has 0 aliphatic carbocycles. The number of esters is 1. The van der Waals surface area contributed by atoms with Gasteiger partial charge in [-0.3, -0.25) is 4.79 Å². The van der Waals surface area contributed by atoms with Gasteiger partial charge >= 0.3 is 5.97 Å². The molecule has 0 aliphatic rings. The second-order valence-corrected chi connectivity index (χ2v) is 4.73. The molecule has 0 radical (unpaired) electrons. The number of methoxy groups -OCH3 is 1. The van der Waals surface area contributed by atoms with E-state index in [1.807, 2.05) is 0 Å². The monoisotopic (exact) mass is 332 g/mol. The van der Waals surface area contributed by atoms with Crippen LogP contribution in [0.5, 0.6) is 5.75 Å². The number of rotatable bonds is 6. The maximum absolute atomic E-state index is 13.4. The third-order valence-electron chi connectivity index (χ3n) is 3.11.